The van der Waals surface area contributed by atoms with Crippen molar-refractivity contribution in [1.82, 2.24) is 20.1 Å². The number of aromatic nitrogens is 3. The molecule has 1 N–H and O–H groups in total. The molecule has 28 heavy (non-hydrogen) atoms. The van der Waals surface area contributed by atoms with E-state index in [0.29, 0.717) is 29.2 Å². The number of carbonyl (C=O) groups excluding carboxylic acids is 1. The van der Waals surface area contributed by atoms with Crippen molar-refractivity contribution < 1.29 is 9.53 Å². The minimum Gasteiger partial charge on any atom is -0.486 e. The van der Waals surface area contributed by atoms with Gasteiger partial charge in [-0.25, -0.2) is 0 Å². The summed E-state index contributed by atoms with van der Waals surface area (Å²) in [7, 11) is 1.86. The Morgan fingerprint density at radius 2 is 2.00 bits per heavy atom. The topological polar surface area (TPSA) is 69.0 Å². The Labute approximate surface area is 173 Å². The molecule has 1 aromatic heterocycles. The van der Waals surface area contributed by atoms with Crippen LogP contribution in [0.1, 0.15) is 17.0 Å². The Balaban J connectivity index is 1.47. The summed E-state index contributed by atoms with van der Waals surface area (Å²) in [5, 5.41) is 12.5. The van der Waals surface area contributed by atoms with Gasteiger partial charge in [0.05, 0.1) is 5.75 Å². The Hall–Kier alpha value is -2.51. The second-order valence-electron chi connectivity index (χ2n) is 6.25. The van der Waals surface area contributed by atoms with Crippen molar-refractivity contribution in [3.05, 3.63) is 70.5 Å². The molecule has 1 amide bonds. The molecule has 0 unspecified atom stereocenters. The molecule has 3 rings (SSSR count). The van der Waals surface area contributed by atoms with Crippen LogP contribution in [0.3, 0.4) is 0 Å². The minimum atomic E-state index is -0.0690. The van der Waals surface area contributed by atoms with E-state index in [2.05, 4.69) is 15.5 Å². The van der Waals surface area contributed by atoms with Gasteiger partial charge in [0, 0.05) is 18.6 Å². The fraction of sp³-hybridized carbons (Fsp3) is 0.250. The molecule has 3 aromatic rings. The van der Waals surface area contributed by atoms with Gasteiger partial charge in [-0.05, 0) is 42.3 Å². The third kappa shape index (κ3) is 5.74. The van der Waals surface area contributed by atoms with Crippen LogP contribution < -0.4 is 10.1 Å². The van der Waals surface area contributed by atoms with Gasteiger partial charge in [-0.15, -0.1) is 10.2 Å². The number of carbonyl (C=O) groups is 1. The highest BCUT2D eigenvalue weighted by molar-refractivity contribution is 7.99. The third-order valence-corrected chi connectivity index (χ3v) is 5.29. The van der Waals surface area contributed by atoms with Crippen LogP contribution >= 0.6 is 23.4 Å². The lowest BCUT2D eigenvalue weighted by Crippen LogP contribution is -2.24. The molecular weight excluding hydrogens is 396 g/mol. The van der Waals surface area contributed by atoms with Crippen LogP contribution in [0.5, 0.6) is 5.75 Å². The molecule has 0 atom stereocenters. The van der Waals surface area contributed by atoms with E-state index in [1.807, 2.05) is 54.9 Å². The molecule has 1 heterocycles. The number of nitrogens with zero attached hydrogens (tertiary/aromatic N) is 3. The van der Waals surface area contributed by atoms with Gasteiger partial charge in [-0.2, -0.15) is 0 Å². The highest BCUT2D eigenvalue weighted by Crippen LogP contribution is 2.18. The molecule has 2 aromatic carbocycles. The first-order valence-electron chi connectivity index (χ1n) is 8.73. The van der Waals surface area contributed by atoms with Gasteiger partial charge in [0.2, 0.25) is 5.91 Å². The number of halogens is 1. The summed E-state index contributed by atoms with van der Waals surface area (Å²) >= 11 is 7.20. The largest absolute Gasteiger partial charge is 0.486 e. The van der Waals surface area contributed by atoms with Crippen molar-refractivity contribution in [3.8, 4) is 5.75 Å². The van der Waals surface area contributed by atoms with E-state index in [4.69, 9.17) is 16.3 Å². The maximum absolute atomic E-state index is 12.1. The van der Waals surface area contributed by atoms with Crippen LogP contribution in [0.2, 0.25) is 5.02 Å². The first-order valence-corrected chi connectivity index (χ1v) is 10.1. The SMILES string of the molecule is Cc1cccc(OCc2nnc(SCC(=O)NCc3ccc(Cl)cc3)n2C)c1. The lowest BCUT2D eigenvalue weighted by Gasteiger charge is -2.07. The zero-order valence-electron chi connectivity index (χ0n) is 15.7. The lowest BCUT2D eigenvalue weighted by molar-refractivity contribution is -0.118. The number of hydrogen-bond acceptors (Lipinski definition) is 5. The number of nitrogens with one attached hydrogen (secondary N) is 1. The fourth-order valence-corrected chi connectivity index (χ4v) is 3.32. The van der Waals surface area contributed by atoms with Gasteiger partial charge in [0.1, 0.15) is 12.4 Å². The number of benzene rings is 2. The van der Waals surface area contributed by atoms with Gasteiger partial charge in [-0.1, -0.05) is 47.6 Å². The Bertz CT molecular complexity index is 944. The second kappa shape index (κ2) is 9.61. The first-order chi connectivity index (χ1) is 13.5. The number of hydrogen-bond donors (Lipinski definition) is 1. The molecule has 8 heteroatoms. The van der Waals surface area contributed by atoms with Crippen LogP contribution in [-0.4, -0.2) is 26.4 Å². The Kier molecular flexibility index (Phi) is 6.95. The standard InChI is InChI=1S/C20H21ClN4O2S/c1-14-4-3-5-17(10-14)27-12-18-23-24-20(25(18)2)28-13-19(26)22-11-15-6-8-16(21)9-7-15/h3-10H,11-13H2,1-2H3,(H,22,26). The summed E-state index contributed by atoms with van der Waals surface area (Å²) < 4.78 is 7.61. The molecule has 0 aliphatic rings. The third-order valence-electron chi connectivity index (χ3n) is 4.02. The minimum absolute atomic E-state index is 0.0690. The summed E-state index contributed by atoms with van der Waals surface area (Å²) in [4.78, 5) is 12.1. The molecule has 0 saturated heterocycles. The zero-order valence-corrected chi connectivity index (χ0v) is 17.3. The molecule has 0 radical (unpaired) electrons. The molecule has 0 saturated carbocycles. The maximum Gasteiger partial charge on any atom is 0.230 e. The van der Waals surface area contributed by atoms with E-state index in [1.54, 1.807) is 12.1 Å². The van der Waals surface area contributed by atoms with E-state index >= 15 is 0 Å². The predicted octanol–water partition coefficient (Wildman–Crippen LogP) is 3.76. The van der Waals surface area contributed by atoms with Gasteiger partial charge in [-0.3, -0.25) is 4.79 Å². The summed E-state index contributed by atoms with van der Waals surface area (Å²) in [6.07, 6.45) is 0. The van der Waals surface area contributed by atoms with E-state index in [0.717, 1.165) is 16.9 Å². The van der Waals surface area contributed by atoms with Gasteiger partial charge in [0.15, 0.2) is 11.0 Å². The van der Waals surface area contributed by atoms with E-state index in [9.17, 15) is 4.79 Å². The summed E-state index contributed by atoms with van der Waals surface area (Å²) in [6, 6.07) is 15.2. The number of amides is 1. The zero-order chi connectivity index (χ0) is 19.9. The second-order valence-corrected chi connectivity index (χ2v) is 7.63. The smallest absolute Gasteiger partial charge is 0.230 e. The van der Waals surface area contributed by atoms with Crippen molar-refractivity contribution in [2.75, 3.05) is 5.75 Å². The van der Waals surface area contributed by atoms with Crippen molar-refractivity contribution >= 4 is 29.3 Å². The Morgan fingerprint density at radius 3 is 2.75 bits per heavy atom. The van der Waals surface area contributed by atoms with Crippen molar-refractivity contribution in [3.63, 3.8) is 0 Å². The number of aryl methyl sites for hydroxylation is 1. The molecular formula is C20H21ClN4O2S. The van der Waals surface area contributed by atoms with Crippen molar-refractivity contribution in [2.24, 2.45) is 7.05 Å². The van der Waals surface area contributed by atoms with Crippen molar-refractivity contribution in [2.45, 2.75) is 25.2 Å². The maximum atomic E-state index is 12.1. The van der Waals surface area contributed by atoms with Gasteiger partial charge < -0.3 is 14.6 Å². The van der Waals surface area contributed by atoms with E-state index in [1.165, 1.54) is 11.8 Å². The summed E-state index contributed by atoms with van der Waals surface area (Å²) in [5.74, 6) is 1.68. The van der Waals surface area contributed by atoms with Crippen LogP contribution in [0.25, 0.3) is 0 Å². The van der Waals surface area contributed by atoms with Crippen LogP contribution in [0.4, 0.5) is 0 Å². The molecule has 0 aliphatic heterocycles. The molecule has 0 bridgehead atoms. The normalized spacial score (nSPS) is 10.7. The lowest BCUT2D eigenvalue weighted by atomic mass is 10.2. The number of rotatable bonds is 8. The van der Waals surface area contributed by atoms with Gasteiger partial charge in [0.25, 0.3) is 0 Å². The average Bonchev–Trinajstić information content (AvgIpc) is 3.04. The molecule has 0 aliphatic carbocycles. The summed E-state index contributed by atoms with van der Waals surface area (Å²) in [6.45, 7) is 2.79. The van der Waals surface area contributed by atoms with Crippen LogP contribution in [0.15, 0.2) is 53.7 Å². The number of ether oxygens (including phenoxy) is 1. The number of thioether (sulfide) groups is 1. The molecule has 0 fully saturated rings. The van der Waals surface area contributed by atoms with Gasteiger partial charge >= 0.3 is 0 Å². The average molecular weight is 417 g/mol. The predicted molar refractivity (Wildman–Crippen MR) is 111 cm³/mol. The Morgan fingerprint density at radius 1 is 1.21 bits per heavy atom. The fourth-order valence-electron chi connectivity index (χ4n) is 2.43. The van der Waals surface area contributed by atoms with E-state index < -0.39 is 0 Å². The molecule has 0 spiro atoms. The highest BCUT2D eigenvalue weighted by Gasteiger charge is 2.12. The summed E-state index contributed by atoms with van der Waals surface area (Å²) in [5.41, 5.74) is 2.13. The molecule has 146 valence electrons. The van der Waals surface area contributed by atoms with Crippen LogP contribution in [0, 0.1) is 6.92 Å². The first kappa shape index (κ1) is 20.2. The van der Waals surface area contributed by atoms with Crippen molar-refractivity contribution in [1.29, 1.82) is 0 Å². The highest BCUT2D eigenvalue weighted by atomic mass is 35.5. The van der Waals surface area contributed by atoms with Crippen LogP contribution in [-0.2, 0) is 25.0 Å². The van der Waals surface area contributed by atoms with E-state index in [-0.39, 0.29) is 11.7 Å². The monoisotopic (exact) mass is 416 g/mol. The molecule has 6 nitrogen and oxygen atoms in total. The quantitative estimate of drug-likeness (QED) is 0.566.